The Kier molecular flexibility index (Phi) is 5.92. The molecule has 0 radical (unpaired) electrons. The van der Waals surface area contributed by atoms with Crippen molar-refractivity contribution < 1.29 is 28.6 Å². The molecule has 1 aromatic heterocycles. The SMILES string of the molecule is N#Cc1ccc(CNc2c(C3(C(N)=O)CC3)c(C#N)nn2-c2c(Cl)cc(S(F)(F)(F)(F)F)cc2Cl)cc1F. The summed E-state index contributed by atoms with van der Waals surface area (Å²) in [4.78, 5) is 9.97. The van der Waals surface area contributed by atoms with Crippen molar-refractivity contribution in [2.75, 3.05) is 5.32 Å². The van der Waals surface area contributed by atoms with Crippen LogP contribution in [-0.4, -0.2) is 15.7 Å². The Hall–Kier alpha value is -3.59. The highest BCUT2D eigenvalue weighted by Gasteiger charge is 2.65. The van der Waals surface area contributed by atoms with Crippen LogP contribution >= 0.6 is 33.4 Å². The van der Waals surface area contributed by atoms with Gasteiger partial charge in [-0.3, -0.25) is 4.79 Å². The van der Waals surface area contributed by atoms with Gasteiger partial charge in [0.2, 0.25) is 5.91 Å². The molecule has 0 saturated heterocycles. The summed E-state index contributed by atoms with van der Waals surface area (Å²) >= 11 is 12.0. The topological polar surface area (TPSA) is 121 Å². The predicted octanol–water partition coefficient (Wildman–Crippen LogP) is 6.85. The lowest BCUT2D eigenvalue weighted by atomic mass is 9.94. The number of anilines is 1. The van der Waals surface area contributed by atoms with E-state index in [9.17, 15) is 33.9 Å². The lowest BCUT2D eigenvalue weighted by Gasteiger charge is -2.40. The number of aromatic nitrogens is 2. The minimum atomic E-state index is -10.2. The van der Waals surface area contributed by atoms with E-state index in [-0.39, 0.29) is 59.7 Å². The van der Waals surface area contributed by atoms with Crippen LogP contribution in [0.1, 0.15) is 35.2 Å². The van der Waals surface area contributed by atoms with E-state index in [4.69, 9.17) is 34.2 Å². The van der Waals surface area contributed by atoms with E-state index in [1.54, 1.807) is 12.1 Å². The summed E-state index contributed by atoms with van der Waals surface area (Å²) in [5.41, 5.74) is 3.43. The van der Waals surface area contributed by atoms with Crippen molar-refractivity contribution >= 4 is 45.2 Å². The van der Waals surface area contributed by atoms with Gasteiger partial charge in [0, 0.05) is 12.1 Å². The molecule has 0 spiro atoms. The molecule has 1 amide bonds. The lowest BCUT2D eigenvalue weighted by molar-refractivity contribution is -0.120. The normalized spacial score (nSPS) is 16.1. The number of rotatable bonds is 7. The van der Waals surface area contributed by atoms with Gasteiger partial charge in [-0.25, -0.2) is 9.07 Å². The second-order valence-electron chi connectivity index (χ2n) is 8.53. The third-order valence-electron chi connectivity index (χ3n) is 5.95. The molecule has 3 N–H and O–H groups in total. The third kappa shape index (κ3) is 4.82. The first-order chi connectivity index (χ1) is 17.4. The third-order valence-corrected chi connectivity index (χ3v) is 7.66. The molecule has 0 atom stereocenters. The van der Waals surface area contributed by atoms with Crippen molar-refractivity contribution in [3.63, 3.8) is 0 Å². The molecule has 1 saturated carbocycles. The molecule has 2 aromatic carbocycles. The van der Waals surface area contributed by atoms with Crippen LogP contribution in [0.5, 0.6) is 0 Å². The van der Waals surface area contributed by atoms with Crippen molar-refractivity contribution in [3.05, 3.63) is 68.6 Å². The summed E-state index contributed by atoms with van der Waals surface area (Å²) in [6.07, 6.45) is 0.432. The number of halogens is 8. The van der Waals surface area contributed by atoms with E-state index in [0.717, 1.165) is 10.7 Å². The second-order valence-corrected chi connectivity index (χ2v) is 11.7. The first kappa shape index (κ1) is 27.4. The van der Waals surface area contributed by atoms with Gasteiger partial charge in [0.25, 0.3) is 0 Å². The Morgan fingerprint density at radius 2 is 1.71 bits per heavy atom. The molecule has 200 valence electrons. The molecular formula is C22H14Cl2F6N6OS. The molecular weight excluding hydrogens is 581 g/mol. The summed E-state index contributed by atoms with van der Waals surface area (Å²) in [5, 5.41) is 23.8. The Morgan fingerprint density at radius 3 is 2.16 bits per heavy atom. The second kappa shape index (κ2) is 8.20. The minimum Gasteiger partial charge on any atom is -0.369 e. The molecule has 1 aliphatic rings. The number of primary amides is 1. The van der Waals surface area contributed by atoms with Crippen LogP contribution in [0.3, 0.4) is 0 Å². The maximum Gasteiger partial charge on any atom is 0.310 e. The van der Waals surface area contributed by atoms with Gasteiger partial charge >= 0.3 is 10.2 Å². The molecule has 1 fully saturated rings. The number of nitrogens with two attached hydrogens (primary N) is 1. The maximum absolute atomic E-state index is 14.1. The van der Waals surface area contributed by atoms with Gasteiger partial charge in [0.05, 0.1) is 21.0 Å². The molecule has 16 heteroatoms. The average molecular weight is 595 g/mol. The van der Waals surface area contributed by atoms with E-state index >= 15 is 0 Å². The van der Waals surface area contributed by atoms with Gasteiger partial charge in [-0.1, -0.05) is 48.7 Å². The standard InChI is InChI=1S/C22H14Cl2F6N6OS/c23-14-6-13(38(26,27,28,29)30)7-15(24)19(14)36-20(34-10-11-1-2-12(8-31)16(25)5-11)18(17(9-32)35-36)22(3-4-22)21(33)37/h1-2,5-7,34H,3-4,10H2,(H2,33,37). The van der Waals surface area contributed by atoms with Gasteiger partial charge in [-0.2, -0.15) is 15.6 Å². The highest BCUT2D eigenvalue weighted by molar-refractivity contribution is 8.45. The molecule has 1 heterocycles. The molecule has 1 aliphatic carbocycles. The maximum atomic E-state index is 14.1. The summed E-state index contributed by atoms with van der Waals surface area (Å²) in [7, 11) is -10.2. The van der Waals surface area contributed by atoms with Crippen molar-refractivity contribution in [3.8, 4) is 17.8 Å². The van der Waals surface area contributed by atoms with Crippen LogP contribution in [0.2, 0.25) is 10.0 Å². The predicted molar refractivity (Wildman–Crippen MR) is 128 cm³/mol. The summed E-state index contributed by atoms with van der Waals surface area (Å²) < 4.78 is 81.9. The van der Waals surface area contributed by atoms with Crippen molar-refractivity contribution in [2.24, 2.45) is 5.73 Å². The molecule has 7 nitrogen and oxygen atoms in total. The first-order valence-electron chi connectivity index (χ1n) is 10.4. The number of nitrogens with zero attached hydrogens (tertiary/aromatic N) is 4. The number of carbonyl (C=O) groups excluding carboxylic acids is 1. The van der Waals surface area contributed by atoms with Crippen LogP contribution in [0.4, 0.5) is 29.6 Å². The quantitative estimate of drug-likeness (QED) is 0.290. The Morgan fingerprint density at radius 1 is 1.11 bits per heavy atom. The zero-order valence-corrected chi connectivity index (χ0v) is 21.0. The van der Waals surface area contributed by atoms with Crippen LogP contribution < -0.4 is 11.1 Å². The highest BCUT2D eigenvalue weighted by Crippen LogP contribution is 3.02. The van der Waals surface area contributed by atoms with E-state index < -0.39 is 48.0 Å². The van der Waals surface area contributed by atoms with Gasteiger partial charge in [-0.05, 0) is 42.7 Å². The number of benzene rings is 2. The molecule has 4 rings (SSSR count). The summed E-state index contributed by atoms with van der Waals surface area (Å²) in [6, 6.07) is 7.07. The largest absolute Gasteiger partial charge is 0.369 e. The molecule has 3 aromatic rings. The Labute approximate surface area is 221 Å². The van der Waals surface area contributed by atoms with Crippen LogP contribution in [0, 0.1) is 28.5 Å². The van der Waals surface area contributed by atoms with Gasteiger partial charge in [0.15, 0.2) is 5.69 Å². The van der Waals surface area contributed by atoms with Gasteiger partial charge in [0.1, 0.15) is 34.4 Å². The average Bonchev–Trinajstić information content (AvgIpc) is 3.52. The molecule has 38 heavy (non-hydrogen) atoms. The number of nitriles is 2. The number of hydrogen-bond donors (Lipinski definition) is 2. The fraction of sp³-hybridized carbons (Fsp3) is 0.182. The van der Waals surface area contributed by atoms with Gasteiger partial charge < -0.3 is 11.1 Å². The number of amides is 1. The zero-order valence-electron chi connectivity index (χ0n) is 18.7. The fourth-order valence-corrected chi connectivity index (χ4v) is 5.39. The van der Waals surface area contributed by atoms with E-state index in [1.807, 2.05) is 0 Å². The Bertz CT molecular complexity index is 1580. The molecule has 0 bridgehead atoms. The van der Waals surface area contributed by atoms with E-state index in [2.05, 4.69) is 10.4 Å². The van der Waals surface area contributed by atoms with E-state index in [1.165, 1.54) is 12.1 Å². The fourth-order valence-electron chi connectivity index (χ4n) is 3.93. The highest BCUT2D eigenvalue weighted by atomic mass is 35.5. The molecule has 0 unspecified atom stereocenters. The number of carbonyl (C=O) groups is 1. The van der Waals surface area contributed by atoms with Crippen LogP contribution in [-0.2, 0) is 16.8 Å². The zero-order chi connectivity index (χ0) is 28.3. The first-order valence-corrected chi connectivity index (χ1v) is 13.1. The van der Waals surface area contributed by atoms with Crippen LogP contribution in [0.15, 0.2) is 35.2 Å². The Balaban J connectivity index is 1.92. The number of nitrogens with one attached hydrogen (secondary N) is 1. The smallest absolute Gasteiger partial charge is 0.310 e. The van der Waals surface area contributed by atoms with E-state index in [0.29, 0.717) is 0 Å². The van der Waals surface area contributed by atoms with Crippen molar-refractivity contribution in [1.29, 1.82) is 10.5 Å². The van der Waals surface area contributed by atoms with Crippen LogP contribution in [0.25, 0.3) is 5.69 Å². The summed E-state index contributed by atoms with van der Waals surface area (Å²) in [5.74, 6) is -1.78. The molecule has 0 aliphatic heterocycles. The summed E-state index contributed by atoms with van der Waals surface area (Å²) in [6.45, 7) is -0.195. The van der Waals surface area contributed by atoms with Crippen molar-refractivity contribution in [2.45, 2.75) is 29.7 Å². The van der Waals surface area contributed by atoms with Gasteiger partial charge in [-0.15, -0.1) is 0 Å². The monoisotopic (exact) mass is 594 g/mol. The number of hydrogen-bond acceptors (Lipinski definition) is 5. The lowest BCUT2D eigenvalue weighted by Crippen LogP contribution is -2.29. The minimum absolute atomic E-state index is 0.00876. The van der Waals surface area contributed by atoms with Crippen molar-refractivity contribution in [1.82, 2.24) is 9.78 Å².